The van der Waals surface area contributed by atoms with E-state index in [1.54, 1.807) is 24.9 Å². The van der Waals surface area contributed by atoms with Gasteiger partial charge in [-0.25, -0.2) is 9.97 Å². The molecule has 0 radical (unpaired) electrons. The lowest BCUT2D eigenvalue weighted by Gasteiger charge is -2.11. The van der Waals surface area contributed by atoms with E-state index >= 15 is 0 Å². The fraction of sp³-hybridized carbons (Fsp3) is 0.357. The van der Waals surface area contributed by atoms with E-state index in [4.69, 9.17) is 5.11 Å². The molecule has 3 heterocycles. The van der Waals surface area contributed by atoms with E-state index < -0.39 is 0 Å². The Morgan fingerprint density at radius 3 is 2.78 bits per heavy atom. The molecule has 9 nitrogen and oxygen atoms in total. The molecule has 3 N–H and O–H groups in total. The van der Waals surface area contributed by atoms with E-state index in [1.807, 2.05) is 4.57 Å². The minimum absolute atomic E-state index is 0.00328. The van der Waals surface area contributed by atoms with E-state index in [-0.39, 0.29) is 12.6 Å². The Labute approximate surface area is 132 Å². The zero-order valence-electron chi connectivity index (χ0n) is 12.9. The summed E-state index contributed by atoms with van der Waals surface area (Å²) in [5, 5.41) is 15.1. The third kappa shape index (κ3) is 3.19. The van der Waals surface area contributed by atoms with Gasteiger partial charge in [-0.1, -0.05) is 0 Å². The van der Waals surface area contributed by atoms with Crippen LogP contribution < -0.4 is 10.6 Å². The highest BCUT2D eigenvalue weighted by Crippen LogP contribution is 2.24. The summed E-state index contributed by atoms with van der Waals surface area (Å²) in [7, 11) is 0. The normalized spacial score (nSPS) is 11.1. The van der Waals surface area contributed by atoms with Gasteiger partial charge < -0.3 is 20.3 Å². The number of hydrogen-bond acceptors (Lipinski definition) is 8. The number of nitrogens with one attached hydrogen (secondary N) is 2. The van der Waals surface area contributed by atoms with E-state index in [2.05, 4.69) is 49.4 Å². The first kappa shape index (κ1) is 15.1. The van der Waals surface area contributed by atoms with Crippen LogP contribution in [0, 0.1) is 0 Å². The van der Waals surface area contributed by atoms with Crippen LogP contribution in [-0.4, -0.2) is 47.7 Å². The van der Waals surface area contributed by atoms with Crippen LogP contribution in [-0.2, 0) is 0 Å². The van der Waals surface area contributed by atoms with Crippen molar-refractivity contribution in [3.63, 3.8) is 0 Å². The molecule has 0 aliphatic heterocycles. The number of aromatic nitrogens is 6. The van der Waals surface area contributed by atoms with Crippen molar-refractivity contribution < 1.29 is 5.11 Å². The molecular weight excluding hydrogens is 296 g/mol. The lowest BCUT2D eigenvalue weighted by Crippen LogP contribution is -2.10. The first-order valence-electron chi connectivity index (χ1n) is 7.31. The van der Waals surface area contributed by atoms with Crippen molar-refractivity contribution in [2.45, 2.75) is 19.9 Å². The Hall–Kier alpha value is -2.81. The van der Waals surface area contributed by atoms with Crippen molar-refractivity contribution in [2.75, 3.05) is 23.8 Å². The maximum atomic E-state index is 9.03. The molecule has 0 bridgehead atoms. The summed E-state index contributed by atoms with van der Waals surface area (Å²) in [4.78, 5) is 21.5. The standard InChI is InChI=1S/C14H18N8O/c1-9(2)22-8-18-11-12(17-5-6-23)20-14(21-13(11)22)19-10-7-15-3-4-16-10/h3-4,7-9,23H,5-6H2,1-2H3,(H2,16,17,19,20,21). The maximum absolute atomic E-state index is 9.03. The highest BCUT2D eigenvalue weighted by molar-refractivity contribution is 5.84. The van der Waals surface area contributed by atoms with Gasteiger partial charge in [-0.2, -0.15) is 9.97 Å². The van der Waals surface area contributed by atoms with Crippen LogP contribution in [0.3, 0.4) is 0 Å². The fourth-order valence-corrected chi connectivity index (χ4v) is 2.13. The highest BCUT2D eigenvalue weighted by Gasteiger charge is 2.15. The zero-order chi connectivity index (χ0) is 16.2. The van der Waals surface area contributed by atoms with Gasteiger partial charge in [-0.3, -0.25) is 4.98 Å². The van der Waals surface area contributed by atoms with Gasteiger partial charge in [0.25, 0.3) is 0 Å². The van der Waals surface area contributed by atoms with Gasteiger partial charge in [0, 0.05) is 25.0 Å². The second kappa shape index (κ2) is 6.53. The highest BCUT2D eigenvalue weighted by atomic mass is 16.3. The number of fused-ring (bicyclic) bond motifs is 1. The summed E-state index contributed by atoms with van der Waals surface area (Å²) in [5.74, 6) is 1.51. The van der Waals surface area contributed by atoms with Crippen LogP contribution in [0.25, 0.3) is 11.2 Å². The van der Waals surface area contributed by atoms with Crippen LogP contribution >= 0.6 is 0 Å². The number of anilines is 3. The number of hydrogen-bond donors (Lipinski definition) is 3. The Bertz CT molecular complexity index is 786. The molecule has 120 valence electrons. The van der Waals surface area contributed by atoms with Crippen molar-refractivity contribution in [3.05, 3.63) is 24.9 Å². The summed E-state index contributed by atoms with van der Waals surface area (Å²) >= 11 is 0. The van der Waals surface area contributed by atoms with Crippen LogP contribution in [0.1, 0.15) is 19.9 Å². The summed E-state index contributed by atoms with van der Waals surface area (Å²) in [6.45, 7) is 4.49. The molecule has 0 fully saturated rings. The Morgan fingerprint density at radius 2 is 2.09 bits per heavy atom. The molecule has 0 amide bonds. The van der Waals surface area contributed by atoms with Crippen LogP contribution in [0.5, 0.6) is 0 Å². The largest absolute Gasteiger partial charge is 0.395 e. The molecule has 0 aliphatic carbocycles. The first-order valence-corrected chi connectivity index (χ1v) is 7.31. The minimum Gasteiger partial charge on any atom is -0.395 e. The Kier molecular flexibility index (Phi) is 4.29. The smallest absolute Gasteiger partial charge is 0.232 e. The molecule has 3 aromatic rings. The molecule has 0 aromatic carbocycles. The number of aliphatic hydroxyl groups excluding tert-OH is 1. The average Bonchev–Trinajstić information content (AvgIpc) is 2.98. The minimum atomic E-state index is 0.00328. The Morgan fingerprint density at radius 1 is 1.22 bits per heavy atom. The van der Waals surface area contributed by atoms with Crippen LogP contribution in [0.4, 0.5) is 17.6 Å². The van der Waals surface area contributed by atoms with Gasteiger partial charge >= 0.3 is 0 Å². The van der Waals surface area contributed by atoms with Gasteiger partial charge in [0.15, 0.2) is 22.8 Å². The van der Waals surface area contributed by atoms with Crippen molar-refractivity contribution in [1.82, 2.24) is 29.5 Å². The molecular formula is C14H18N8O. The van der Waals surface area contributed by atoms with Gasteiger partial charge in [0.05, 0.1) is 19.1 Å². The van der Waals surface area contributed by atoms with Gasteiger partial charge in [0.1, 0.15) is 0 Å². The summed E-state index contributed by atoms with van der Waals surface area (Å²) in [6.07, 6.45) is 6.51. The third-order valence-electron chi connectivity index (χ3n) is 3.19. The van der Waals surface area contributed by atoms with Crippen molar-refractivity contribution in [3.8, 4) is 0 Å². The maximum Gasteiger partial charge on any atom is 0.232 e. The van der Waals surface area contributed by atoms with Gasteiger partial charge in [-0.05, 0) is 13.8 Å². The van der Waals surface area contributed by atoms with E-state index in [9.17, 15) is 0 Å². The monoisotopic (exact) mass is 314 g/mol. The van der Waals surface area contributed by atoms with E-state index in [0.717, 1.165) is 0 Å². The van der Waals surface area contributed by atoms with Gasteiger partial charge in [0.2, 0.25) is 5.95 Å². The topological polar surface area (TPSA) is 114 Å². The SMILES string of the molecule is CC(C)n1cnc2c(NCCO)nc(Nc3cnccn3)nc21. The number of imidazole rings is 1. The van der Waals surface area contributed by atoms with Crippen LogP contribution in [0.2, 0.25) is 0 Å². The Balaban J connectivity index is 2.05. The number of rotatable bonds is 6. The van der Waals surface area contributed by atoms with E-state index in [1.165, 1.54) is 0 Å². The molecule has 3 aromatic heterocycles. The first-order chi connectivity index (χ1) is 11.2. The van der Waals surface area contributed by atoms with Gasteiger partial charge in [-0.15, -0.1) is 0 Å². The lowest BCUT2D eigenvalue weighted by atomic mass is 10.4. The molecule has 9 heteroatoms. The second-order valence-electron chi connectivity index (χ2n) is 5.18. The lowest BCUT2D eigenvalue weighted by molar-refractivity contribution is 0.311. The molecule has 0 aliphatic rings. The quantitative estimate of drug-likeness (QED) is 0.624. The summed E-state index contributed by atoms with van der Waals surface area (Å²) < 4.78 is 1.96. The molecule has 0 atom stereocenters. The van der Waals surface area contributed by atoms with E-state index in [0.29, 0.717) is 35.3 Å². The summed E-state index contributed by atoms with van der Waals surface area (Å²) in [5.41, 5.74) is 1.37. The van der Waals surface area contributed by atoms with Crippen molar-refractivity contribution in [1.29, 1.82) is 0 Å². The fourth-order valence-electron chi connectivity index (χ4n) is 2.13. The molecule has 3 rings (SSSR count). The zero-order valence-corrected chi connectivity index (χ0v) is 12.9. The molecule has 0 saturated carbocycles. The number of aliphatic hydroxyl groups is 1. The predicted molar refractivity (Wildman–Crippen MR) is 86.6 cm³/mol. The third-order valence-corrected chi connectivity index (χ3v) is 3.19. The predicted octanol–water partition coefficient (Wildman–Crippen LogP) is 1.34. The number of nitrogens with zero attached hydrogens (tertiary/aromatic N) is 6. The molecule has 0 unspecified atom stereocenters. The molecule has 0 saturated heterocycles. The second-order valence-corrected chi connectivity index (χ2v) is 5.18. The molecule has 0 spiro atoms. The summed E-state index contributed by atoms with van der Waals surface area (Å²) in [6, 6.07) is 0.213. The average molecular weight is 314 g/mol. The van der Waals surface area contributed by atoms with Crippen molar-refractivity contribution in [2.24, 2.45) is 0 Å². The van der Waals surface area contributed by atoms with Crippen molar-refractivity contribution >= 4 is 28.7 Å². The van der Waals surface area contributed by atoms with Crippen LogP contribution in [0.15, 0.2) is 24.9 Å². The molecule has 23 heavy (non-hydrogen) atoms.